The maximum atomic E-state index is 9.66. The Labute approximate surface area is 149 Å². The van der Waals surface area contributed by atoms with Crippen LogP contribution in [0.5, 0.6) is 11.5 Å². The lowest BCUT2D eigenvalue weighted by molar-refractivity contribution is 0.352. The Hall–Kier alpha value is -2.32. The van der Waals surface area contributed by atoms with Gasteiger partial charge in [-0.3, -0.25) is 0 Å². The van der Waals surface area contributed by atoms with Crippen LogP contribution in [0, 0.1) is 22.7 Å². The van der Waals surface area contributed by atoms with E-state index in [4.69, 9.17) is 14.9 Å². The molecule has 5 heteroatoms. The van der Waals surface area contributed by atoms with E-state index in [9.17, 15) is 5.26 Å². The molecule has 0 spiro atoms. The average Bonchev–Trinajstić information content (AvgIpc) is 2.59. The molecule has 0 bridgehead atoms. The van der Waals surface area contributed by atoms with Crippen LogP contribution in [-0.2, 0) is 6.42 Å². The van der Waals surface area contributed by atoms with Crippen molar-refractivity contribution in [3.05, 3.63) is 57.6 Å². The zero-order valence-corrected chi connectivity index (χ0v) is 15.1. The highest BCUT2D eigenvalue weighted by Gasteiger charge is 2.35. The van der Waals surface area contributed by atoms with Gasteiger partial charge in [-0.25, -0.2) is 0 Å². The predicted octanol–water partition coefficient (Wildman–Crippen LogP) is 4.31. The first-order chi connectivity index (χ1) is 11.6. The van der Waals surface area contributed by atoms with E-state index in [1.54, 1.807) is 14.2 Å². The van der Waals surface area contributed by atoms with Crippen LogP contribution in [0.4, 0.5) is 0 Å². The number of halogens is 1. The van der Waals surface area contributed by atoms with Crippen molar-refractivity contribution in [2.75, 3.05) is 14.2 Å². The van der Waals surface area contributed by atoms with Crippen molar-refractivity contribution < 1.29 is 9.47 Å². The first kappa shape index (κ1) is 16.5. The van der Waals surface area contributed by atoms with E-state index in [1.165, 1.54) is 0 Å². The second-order valence-electron chi connectivity index (χ2n) is 5.72. The van der Waals surface area contributed by atoms with Gasteiger partial charge in [-0.2, -0.15) is 5.26 Å². The number of nitrogens with one attached hydrogen (secondary N) is 1. The Morgan fingerprint density at radius 1 is 1.21 bits per heavy atom. The van der Waals surface area contributed by atoms with Crippen molar-refractivity contribution in [2.24, 2.45) is 5.92 Å². The van der Waals surface area contributed by atoms with E-state index < -0.39 is 5.92 Å². The van der Waals surface area contributed by atoms with Crippen molar-refractivity contribution in [3.63, 3.8) is 0 Å². The second-order valence-corrected chi connectivity index (χ2v) is 6.58. The maximum absolute atomic E-state index is 9.66. The topological polar surface area (TPSA) is 66.1 Å². The summed E-state index contributed by atoms with van der Waals surface area (Å²) >= 11 is 3.52. The molecule has 2 atom stereocenters. The van der Waals surface area contributed by atoms with Crippen LogP contribution < -0.4 is 9.47 Å². The standard InChI is InChI=1S/C19H17BrN2O2/c1-23-17-9-12(7-15(20)19(17)24-2)18-13-6-4-3-5-11(13)8-16(22)14(18)10-21/h3-7,9,14,18,22H,8H2,1-2H3. The molecule has 0 heterocycles. The van der Waals surface area contributed by atoms with Crippen LogP contribution >= 0.6 is 15.9 Å². The third-order valence-electron chi connectivity index (χ3n) is 4.43. The lowest BCUT2D eigenvalue weighted by Crippen LogP contribution is -2.29. The quantitative estimate of drug-likeness (QED) is 0.856. The molecule has 0 radical (unpaired) electrons. The predicted molar refractivity (Wildman–Crippen MR) is 96.1 cm³/mol. The van der Waals surface area contributed by atoms with Gasteiger partial charge in [0.05, 0.1) is 30.7 Å². The number of rotatable bonds is 3. The van der Waals surface area contributed by atoms with Gasteiger partial charge in [0.15, 0.2) is 11.5 Å². The molecule has 122 valence electrons. The summed E-state index contributed by atoms with van der Waals surface area (Å²) in [5.74, 6) is 0.551. The summed E-state index contributed by atoms with van der Waals surface area (Å²) in [5.41, 5.74) is 3.58. The monoisotopic (exact) mass is 384 g/mol. The van der Waals surface area contributed by atoms with Crippen molar-refractivity contribution in [1.29, 1.82) is 10.7 Å². The van der Waals surface area contributed by atoms with E-state index in [0.29, 0.717) is 23.6 Å². The summed E-state index contributed by atoms with van der Waals surface area (Å²) in [6, 6.07) is 14.2. The summed E-state index contributed by atoms with van der Waals surface area (Å²) in [6.45, 7) is 0. The third kappa shape index (κ3) is 2.67. The van der Waals surface area contributed by atoms with Crippen LogP contribution in [0.2, 0.25) is 0 Å². The number of nitriles is 1. The lowest BCUT2D eigenvalue weighted by Gasteiger charge is -2.31. The molecule has 0 saturated carbocycles. The van der Waals surface area contributed by atoms with Gasteiger partial charge in [-0.05, 0) is 44.8 Å². The first-order valence-corrected chi connectivity index (χ1v) is 8.36. The van der Waals surface area contributed by atoms with Crippen molar-refractivity contribution in [3.8, 4) is 17.6 Å². The van der Waals surface area contributed by atoms with E-state index in [1.807, 2.05) is 36.4 Å². The van der Waals surface area contributed by atoms with Gasteiger partial charge in [-0.15, -0.1) is 0 Å². The number of fused-ring (bicyclic) bond motifs is 1. The molecule has 2 aromatic rings. The molecule has 0 aliphatic heterocycles. The summed E-state index contributed by atoms with van der Waals surface area (Å²) in [5, 5.41) is 18.0. The van der Waals surface area contributed by atoms with Crippen molar-refractivity contribution in [1.82, 2.24) is 0 Å². The fourth-order valence-corrected chi connectivity index (χ4v) is 3.96. The van der Waals surface area contributed by atoms with Crippen LogP contribution in [0.1, 0.15) is 22.6 Å². The largest absolute Gasteiger partial charge is 0.493 e. The fourth-order valence-electron chi connectivity index (χ4n) is 3.34. The van der Waals surface area contributed by atoms with Crippen LogP contribution in [0.15, 0.2) is 40.9 Å². The van der Waals surface area contributed by atoms with Crippen molar-refractivity contribution in [2.45, 2.75) is 12.3 Å². The Morgan fingerprint density at radius 3 is 2.62 bits per heavy atom. The van der Waals surface area contributed by atoms with Crippen LogP contribution in [0.25, 0.3) is 0 Å². The molecule has 0 aromatic heterocycles. The summed E-state index contributed by atoms with van der Waals surface area (Å²) in [6.07, 6.45) is 0.527. The van der Waals surface area contributed by atoms with E-state index >= 15 is 0 Å². The molecule has 1 aliphatic rings. The highest BCUT2D eigenvalue weighted by Crippen LogP contribution is 2.44. The molecular formula is C19H17BrN2O2. The smallest absolute Gasteiger partial charge is 0.174 e. The van der Waals surface area contributed by atoms with Crippen LogP contribution in [0.3, 0.4) is 0 Å². The molecule has 0 fully saturated rings. The Bertz CT molecular complexity index is 842. The highest BCUT2D eigenvalue weighted by atomic mass is 79.9. The number of benzene rings is 2. The minimum Gasteiger partial charge on any atom is -0.493 e. The first-order valence-electron chi connectivity index (χ1n) is 7.56. The number of nitrogens with zero attached hydrogens (tertiary/aromatic N) is 1. The Balaban J connectivity index is 2.21. The van der Waals surface area contributed by atoms with Gasteiger partial charge in [-0.1, -0.05) is 24.3 Å². The Kier molecular flexibility index (Phi) is 4.59. The molecule has 3 rings (SSSR count). The zero-order valence-electron chi connectivity index (χ0n) is 13.5. The summed E-state index contributed by atoms with van der Waals surface area (Å²) < 4.78 is 11.6. The van der Waals surface area contributed by atoms with E-state index in [0.717, 1.165) is 21.2 Å². The molecule has 1 aliphatic carbocycles. The molecule has 0 amide bonds. The molecular weight excluding hydrogens is 368 g/mol. The number of ether oxygens (including phenoxy) is 2. The Morgan fingerprint density at radius 2 is 1.96 bits per heavy atom. The summed E-state index contributed by atoms with van der Waals surface area (Å²) in [7, 11) is 3.18. The number of hydrogen-bond acceptors (Lipinski definition) is 4. The van der Waals surface area contributed by atoms with Crippen LogP contribution in [-0.4, -0.2) is 19.9 Å². The molecule has 2 unspecified atom stereocenters. The average molecular weight is 385 g/mol. The van der Waals surface area contributed by atoms with Gasteiger partial charge >= 0.3 is 0 Å². The molecule has 1 N–H and O–H groups in total. The fraction of sp³-hybridized carbons (Fsp3) is 0.263. The van der Waals surface area contributed by atoms with Crippen molar-refractivity contribution >= 4 is 21.6 Å². The summed E-state index contributed by atoms with van der Waals surface area (Å²) in [4.78, 5) is 0. The molecule has 2 aromatic carbocycles. The van der Waals surface area contributed by atoms with Gasteiger partial charge in [0.2, 0.25) is 0 Å². The van der Waals surface area contributed by atoms with Gasteiger partial charge < -0.3 is 14.9 Å². The second kappa shape index (κ2) is 6.66. The zero-order chi connectivity index (χ0) is 17.3. The maximum Gasteiger partial charge on any atom is 0.174 e. The van der Waals surface area contributed by atoms with Gasteiger partial charge in [0.1, 0.15) is 0 Å². The van der Waals surface area contributed by atoms with Gasteiger partial charge in [0, 0.05) is 18.1 Å². The minimum absolute atomic E-state index is 0.191. The number of methoxy groups -OCH3 is 2. The minimum atomic E-state index is -0.482. The molecule has 4 nitrogen and oxygen atoms in total. The molecule has 0 saturated heterocycles. The van der Waals surface area contributed by atoms with E-state index in [2.05, 4.69) is 22.0 Å². The van der Waals surface area contributed by atoms with Gasteiger partial charge in [0.25, 0.3) is 0 Å². The molecule has 24 heavy (non-hydrogen) atoms. The lowest BCUT2D eigenvalue weighted by atomic mass is 9.71. The number of hydrogen-bond donors (Lipinski definition) is 1. The highest BCUT2D eigenvalue weighted by molar-refractivity contribution is 9.10. The third-order valence-corrected chi connectivity index (χ3v) is 5.02. The SMILES string of the molecule is COc1cc(C2c3ccccc3CC(=N)C2C#N)cc(Br)c1OC. The van der Waals surface area contributed by atoms with E-state index in [-0.39, 0.29) is 5.92 Å². The normalized spacial score (nSPS) is 19.3.